The molecule has 0 bridgehead atoms. The third-order valence-corrected chi connectivity index (χ3v) is 2.23. The third kappa shape index (κ3) is 2.94. The lowest BCUT2D eigenvalue weighted by molar-refractivity contribution is 0.0856. The molecule has 0 spiro atoms. The number of aromatic nitrogens is 1. The second kappa shape index (κ2) is 4.72. The first-order chi connectivity index (χ1) is 6.50. The van der Waals surface area contributed by atoms with E-state index in [4.69, 9.17) is 11.6 Å². The minimum absolute atomic E-state index is 0.230. The second-order valence-electron chi connectivity index (χ2n) is 2.82. The van der Waals surface area contributed by atoms with Gasteiger partial charge in [0.25, 0.3) is 5.91 Å². The molecule has 0 atom stereocenters. The van der Waals surface area contributed by atoms with Crippen LogP contribution < -0.4 is 5.43 Å². The van der Waals surface area contributed by atoms with E-state index in [0.717, 1.165) is 0 Å². The van der Waals surface area contributed by atoms with Gasteiger partial charge in [0.2, 0.25) is 0 Å². The summed E-state index contributed by atoms with van der Waals surface area (Å²) in [6, 6.07) is 1.50. The van der Waals surface area contributed by atoms with Crippen LogP contribution in [-0.4, -0.2) is 30.0 Å². The van der Waals surface area contributed by atoms with Crippen molar-refractivity contribution in [3.05, 3.63) is 27.5 Å². The smallest absolute Gasteiger partial charge is 0.266 e. The molecule has 1 aromatic heterocycles. The number of pyridine rings is 1. The maximum atomic E-state index is 11.6. The molecule has 0 aliphatic carbocycles. The van der Waals surface area contributed by atoms with E-state index >= 15 is 0 Å². The van der Waals surface area contributed by atoms with Crippen LogP contribution in [0.3, 0.4) is 0 Å². The molecule has 6 heteroatoms. The summed E-state index contributed by atoms with van der Waals surface area (Å²) in [7, 11) is 3.46. The summed E-state index contributed by atoms with van der Waals surface area (Å²) in [6.45, 7) is 0. The number of hydrogen-bond acceptors (Lipinski definition) is 3. The molecular weight excluding hydrogens is 269 g/mol. The van der Waals surface area contributed by atoms with Crippen LogP contribution in [0.25, 0.3) is 0 Å². The van der Waals surface area contributed by atoms with Crippen molar-refractivity contribution in [1.29, 1.82) is 0 Å². The van der Waals surface area contributed by atoms with Crippen LogP contribution in [0.4, 0.5) is 0 Å². The summed E-state index contributed by atoms with van der Waals surface area (Å²) in [5.74, 6) is -0.230. The number of halogens is 2. The number of nitrogens with zero attached hydrogens (tertiary/aromatic N) is 2. The SMILES string of the molecule is CN(C)NC(=O)c1cc(Cl)ncc1Br. The maximum absolute atomic E-state index is 11.6. The van der Waals surface area contributed by atoms with E-state index in [9.17, 15) is 4.79 Å². The van der Waals surface area contributed by atoms with Crippen molar-refractivity contribution in [2.24, 2.45) is 0 Å². The summed E-state index contributed by atoms with van der Waals surface area (Å²) < 4.78 is 0.612. The molecule has 0 radical (unpaired) electrons. The molecule has 0 aliphatic rings. The molecule has 0 saturated carbocycles. The molecule has 0 unspecified atom stereocenters. The van der Waals surface area contributed by atoms with Gasteiger partial charge in [-0.2, -0.15) is 0 Å². The van der Waals surface area contributed by atoms with Crippen molar-refractivity contribution >= 4 is 33.4 Å². The lowest BCUT2D eigenvalue weighted by Gasteiger charge is -2.12. The van der Waals surface area contributed by atoms with E-state index in [2.05, 4.69) is 26.3 Å². The zero-order chi connectivity index (χ0) is 10.7. The fourth-order valence-corrected chi connectivity index (χ4v) is 1.41. The Balaban J connectivity index is 2.94. The minimum atomic E-state index is -0.230. The number of carbonyl (C=O) groups is 1. The van der Waals surface area contributed by atoms with E-state index in [0.29, 0.717) is 10.0 Å². The summed E-state index contributed by atoms with van der Waals surface area (Å²) in [6.07, 6.45) is 1.49. The summed E-state index contributed by atoms with van der Waals surface area (Å²) >= 11 is 8.89. The van der Waals surface area contributed by atoms with Gasteiger partial charge in [-0.3, -0.25) is 10.2 Å². The van der Waals surface area contributed by atoms with E-state index in [1.54, 1.807) is 19.1 Å². The molecule has 1 N–H and O–H groups in total. The highest BCUT2D eigenvalue weighted by atomic mass is 79.9. The van der Waals surface area contributed by atoms with Gasteiger partial charge in [0.05, 0.1) is 5.56 Å². The minimum Gasteiger partial charge on any atom is -0.285 e. The van der Waals surface area contributed by atoms with Crippen LogP contribution >= 0.6 is 27.5 Å². The van der Waals surface area contributed by atoms with Crippen molar-refractivity contribution in [2.45, 2.75) is 0 Å². The number of rotatable bonds is 2. The summed E-state index contributed by atoms with van der Waals surface area (Å²) in [5.41, 5.74) is 3.06. The monoisotopic (exact) mass is 277 g/mol. The fraction of sp³-hybridized carbons (Fsp3) is 0.250. The molecule has 1 aromatic rings. The molecule has 14 heavy (non-hydrogen) atoms. The van der Waals surface area contributed by atoms with Gasteiger partial charge in [-0.25, -0.2) is 9.99 Å². The van der Waals surface area contributed by atoms with Crippen LogP contribution in [0.2, 0.25) is 5.15 Å². The maximum Gasteiger partial charge on any atom is 0.266 e. The number of carbonyl (C=O) groups excluding carboxylic acids is 1. The van der Waals surface area contributed by atoms with Gasteiger partial charge >= 0.3 is 0 Å². The molecule has 0 saturated heterocycles. The van der Waals surface area contributed by atoms with Gasteiger partial charge in [0, 0.05) is 24.8 Å². The van der Waals surface area contributed by atoms with Crippen molar-refractivity contribution < 1.29 is 4.79 Å². The topological polar surface area (TPSA) is 45.2 Å². The van der Waals surface area contributed by atoms with Crippen LogP contribution in [0, 0.1) is 0 Å². The van der Waals surface area contributed by atoms with Crippen molar-refractivity contribution in [2.75, 3.05) is 14.1 Å². The van der Waals surface area contributed by atoms with E-state index in [-0.39, 0.29) is 11.1 Å². The first-order valence-electron chi connectivity index (χ1n) is 3.80. The van der Waals surface area contributed by atoms with Gasteiger partial charge in [-0.1, -0.05) is 11.6 Å². The van der Waals surface area contributed by atoms with Crippen LogP contribution in [-0.2, 0) is 0 Å². The Hall–Kier alpha value is -0.650. The van der Waals surface area contributed by atoms with Crippen LogP contribution in [0.15, 0.2) is 16.7 Å². The fourth-order valence-electron chi connectivity index (χ4n) is 0.851. The molecule has 1 rings (SSSR count). The standard InChI is InChI=1S/C8H9BrClN3O/c1-13(2)12-8(14)5-3-7(10)11-4-6(5)9/h3-4H,1-2H3,(H,12,14). The Morgan fingerprint density at radius 3 is 2.86 bits per heavy atom. The zero-order valence-electron chi connectivity index (χ0n) is 7.71. The van der Waals surface area contributed by atoms with Gasteiger partial charge in [-0.05, 0) is 22.0 Å². The average Bonchev–Trinajstić information content (AvgIpc) is 2.08. The predicted molar refractivity (Wildman–Crippen MR) is 58.1 cm³/mol. The molecule has 76 valence electrons. The van der Waals surface area contributed by atoms with E-state index in [1.807, 2.05) is 0 Å². The van der Waals surface area contributed by atoms with Gasteiger partial charge in [-0.15, -0.1) is 0 Å². The Morgan fingerprint density at radius 1 is 1.64 bits per heavy atom. The highest BCUT2D eigenvalue weighted by molar-refractivity contribution is 9.10. The largest absolute Gasteiger partial charge is 0.285 e. The van der Waals surface area contributed by atoms with Gasteiger partial charge in [0.1, 0.15) is 5.15 Å². The number of amides is 1. The third-order valence-electron chi connectivity index (χ3n) is 1.39. The van der Waals surface area contributed by atoms with Gasteiger partial charge in [0.15, 0.2) is 0 Å². The van der Waals surface area contributed by atoms with Crippen LogP contribution in [0.5, 0.6) is 0 Å². The normalized spacial score (nSPS) is 10.4. The number of nitrogens with one attached hydrogen (secondary N) is 1. The van der Waals surface area contributed by atoms with Crippen molar-refractivity contribution in [3.63, 3.8) is 0 Å². The number of hydrazine groups is 1. The molecule has 0 aromatic carbocycles. The Bertz CT molecular complexity index is 356. The highest BCUT2D eigenvalue weighted by Gasteiger charge is 2.11. The summed E-state index contributed by atoms with van der Waals surface area (Å²) in [5, 5.41) is 1.85. The highest BCUT2D eigenvalue weighted by Crippen LogP contribution is 2.18. The molecular formula is C8H9BrClN3O. The molecule has 1 amide bonds. The second-order valence-corrected chi connectivity index (χ2v) is 4.06. The number of hydrogen-bond donors (Lipinski definition) is 1. The Kier molecular flexibility index (Phi) is 3.86. The zero-order valence-corrected chi connectivity index (χ0v) is 10.1. The van der Waals surface area contributed by atoms with Crippen molar-refractivity contribution in [3.8, 4) is 0 Å². The molecule has 4 nitrogen and oxygen atoms in total. The van der Waals surface area contributed by atoms with E-state index in [1.165, 1.54) is 12.3 Å². The first kappa shape index (κ1) is 11.4. The van der Waals surface area contributed by atoms with Crippen molar-refractivity contribution in [1.82, 2.24) is 15.4 Å². The Morgan fingerprint density at radius 2 is 2.29 bits per heavy atom. The first-order valence-corrected chi connectivity index (χ1v) is 4.97. The average molecular weight is 279 g/mol. The van der Waals surface area contributed by atoms with E-state index < -0.39 is 0 Å². The lowest BCUT2D eigenvalue weighted by Crippen LogP contribution is -2.36. The molecule has 1 heterocycles. The van der Waals surface area contributed by atoms with Crippen LogP contribution in [0.1, 0.15) is 10.4 Å². The Labute approximate surface area is 95.4 Å². The quantitative estimate of drug-likeness (QED) is 0.661. The predicted octanol–water partition coefficient (Wildman–Crippen LogP) is 1.70. The lowest BCUT2D eigenvalue weighted by atomic mass is 10.2. The molecule has 0 fully saturated rings. The molecule has 0 aliphatic heterocycles. The summed E-state index contributed by atoms with van der Waals surface area (Å²) in [4.78, 5) is 15.4. The van der Waals surface area contributed by atoms with Gasteiger partial charge < -0.3 is 0 Å².